The van der Waals surface area contributed by atoms with Crippen LogP contribution in [0.2, 0.25) is 0 Å². The van der Waals surface area contributed by atoms with Gasteiger partial charge in [-0.3, -0.25) is 4.79 Å². The summed E-state index contributed by atoms with van der Waals surface area (Å²) in [7, 11) is -3.32. The lowest BCUT2D eigenvalue weighted by atomic mass is 10.0. The van der Waals surface area contributed by atoms with Crippen LogP contribution in [0.25, 0.3) is 0 Å². The summed E-state index contributed by atoms with van der Waals surface area (Å²) in [5, 5.41) is 3.73. The number of likely N-dealkylation sites (tertiary alicyclic amines) is 1. The molecule has 2 aliphatic heterocycles. The van der Waals surface area contributed by atoms with Crippen molar-refractivity contribution in [2.45, 2.75) is 25.5 Å². The third-order valence-corrected chi connectivity index (χ3v) is 5.40. The van der Waals surface area contributed by atoms with Gasteiger partial charge in [-0.1, -0.05) is 5.16 Å². The van der Waals surface area contributed by atoms with Gasteiger partial charge >= 0.3 is 0 Å². The number of rotatable bonds is 2. The molecular formula is C13H19N3O5S. The lowest BCUT2D eigenvalue weighted by molar-refractivity contribution is -0.0705. The molecule has 0 unspecified atom stereocenters. The van der Waals surface area contributed by atoms with Gasteiger partial charge in [0.05, 0.1) is 25.0 Å². The minimum Gasteiger partial charge on any atom is -0.375 e. The van der Waals surface area contributed by atoms with Crippen LogP contribution in [0.3, 0.4) is 0 Å². The van der Waals surface area contributed by atoms with E-state index in [9.17, 15) is 13.2 Å². The zero-order valence-electron chi connectivity index (χ0n) is 12.6. The summed E-state index contributed by atoms with van der Waals surface area (Å²) in [5.41, 5.74) is 0.249. The van der Waals surface area contributed by atoms with Gasteiger partial charge in [-0.25, -0.2) is 8.42 Å². The number of aryl methyl sites for hydroxylation is 1. The summed E-state index contributed by atoms with van der Waals surface area (Å²) in [6.07, 6.45) is 1.64. The van der Waals surface area contributed by atoms with Crippen molar-refractivity contribution in [3.63, 3.8) is 0 Å². The summed E-state index contributed by atoms with van der Waals surface area (Å²) in [6.45, 7) is 3.26. The van der Waals surface area contributed by atoms with E-state index in [1.54, 1.807) is 17.9 Å². The predicted octanol–water partition coefficient (Wildman–Crippen LogP) is -0.142. The third-order valence-electron chi connectivity index (χ3n) is 4.09. The normalized spacial score (nSPS) is 26.7. The minimum absolute atomic E-state index is 0.161. The number of amides is 1. The summed E-state index contributed by atoms with van der Waals surface area (Å²) >= 11 is 0. The smallest absolute Gasteiger partial charge is 0.276 e. The van der Waals surface area contributed by atoms with Crippen LogP contribution in [0.15, 0.2) is 10.6 Å². The number of ether oxygens (including phenoxy) is 1. The number of sulfonamides is 1. The molecule has 2 saturated heterocycles. The van der Waals surface area contributed by atoms with E-state index in [0.29, 0.717) is 38.4 Å². The number of fused-ring (bicyclic) bond motifs is 1. The molecule has 3 rings (SSSR count). The summed E-state index contributed by atoms with van der Waals surface area (Å²) in [4.78, 5) is 14.1. The fourth-order valence-corrected chi connectivity index (χ4v) is 4.17. The van der Waals surface area contributed by atoms with Crippen LogP contribution in [0.4, 0.5) is 0 Å². The van der Waals surface area contributed by atoms with E-state index in [2.05, 4.69) is 5.16 Å². The average molecular weight is 329 g/mol. The highest BCUT2D eigenvalue weighted by Gasteiger charge is 2.42. The first-order valence-electron chi connectivity index (χ1n) is 7.17. The van der Waals surface area contributed by atoms with E-state index in [1.807, 2.05) is 0 Å². The number of morpholine rings is 1. The van der Waals surface area contributed by atoms with E-state index in [1.165, 1.54) is 10.6 Å². The van der Waals surface area contributed by atoms with Gasteiger partial charge in [0.25, 0.3) is 5.91 Å². The predicted molar refractivity (Wildman–Crippen MR) is 76.8 cm³/mol. The molecule has 0 saturated carbocycles. The Morgan fingerprint density at radius 1 is 1.41 bits per heavy atom. The Kier molecular flexibility index (Phi) is 3.96. The van der Waals surface area contributed by atoms with Gasteiger partial charge < -0.3 is 14.2 Å². The first kappa shape index (κ1) is 15.4. The summed E-state index contributed by atoms with van der Waals surface area (Å²) < 4.78 is 35.9. The Bertz CT molecular complexity index is 671. The highest BCUT2D eigenvalue weighted by molar-refractivity contribution is 7.88. The molecule has 0 aromatic carbocycles. The Hall–Kier alpha value is -1.45. The largest absolute Gasteiger partial charge is 0.375 e. The number of carbonyl (C=O) groups excluding carboxylic acids is 1. The van der Waals surface area contributed by atoms with Gasteiger partial charge in [-0.05, 0) is 13.3 Å². The topological polar surface area (TPSA) is 93.0 Å². The van der Waals surface area contributed by atoms with Crippen molar-refractivity contribution < 1.29 is 22.5 Å². The molecule has 0 bridgehead atoms. The van der Waals surface area contributed by atoms with Crippen LogP contribution in [-0.4, -0.2) is 73.3 Å². The van der Waals surface area contributed by atoms with Crippen LogP contribution >= 0.6 is 0 Å². The molecule has 3 heterocycles. The van der Waals surface area contributed by atoms with Crippen LogP contribution in [0.1, 0.15) is 22.7 Å². The zero-order valence-corrected chi connectivity index (χ0v) is 13.4. The second-order valence-corrected chi connectivity index (χ2v) is 7.65. The van der Waals surface area contributed by atoms with Crippen molar-refractivity contribution in [3.8, 4) is 0 Å². The van der Waals surface area contributed by atoms with E-state index in [4.69, 9.17) is 9.26 Å². The second-order valence-electron chi connectivity index (χ2n) is 5.71. The first-order valence-corrected chi connectivity index (χ1v) is 9.02. The van der Waals surface area contributed by atoms with E-state index < -0.39 is 10.0 Å². The second kappa shape index (κ2) is 5.64. The number of piperidine rings is 1. The number of aromatic nitrogens is 1. The van der Waals surface area contributed by atoms with Crippen molar-refractivity contribution in [3.05, 3.63) is 17.5 Å². The zero-order chi connectivity index (χ0) is 15.9. The Morgan fingerprint density at radius 2 is 2.18 bits per heavy atom. The van der Waals surface area contributed by atoms with Crippen molar-refractivity contribution in [2.24, 2.45) is 0 Å². The fourth-order valence-electron chi connectivity index (χ4n) is 3.07. The van der Waals surface area contributed by atoms with Gasteiger partial charge in [0.2, 0.25) is 10.0 Å². The molecule has 8 nitrogen and oxygen atoms in total. The SMILES string of the molecule is Cc1cc(C(=O)N2CC[C@H]3OCCN(S(C)(=O)=O)[C@@H]3C2)no1. The third kappa shape index (κ3) is 2.88. The maximum Gasteiger partial charge on any atom is 0.276 e. The Labute approximate surface area is 129 Å². The van der Waals surface area contributed by atoms with Gasteiger partial charge in [-0.15, -0.1) is 0 Å². The van der Waals surface area contributed by atoms with Gasteiger partial charge in [0, 0.05) is 25.7 Å². The van der Waals surface area contributed by atoms with Crippen LogP contribution in [0.5, 0.6) is 0 Å². The molecule has 0 spiro atoms. The van der Waals surface area contributed by atoms with Crippen molar-refractivity contribution in [2.75, 3.05) is 32.5 Å². The van der Waals surface area contributed by atoms with Crippen LogP contribution in [-0.2, 0) is 14.8 Å². The quantitative estimate of drug-likeness (QED) is 0.750. The average Bonchev–Trinajstić information content (AvgIpc) is 2.91. The van der Waals surface area contributed by atoms with E-state index >= 15 is 0 Å². The summed E-state index contributed by atoms with van der Waals surface area (Å²) in [6, 6.07) is 1.24. The number of hydrogen-bond donors (Lipinski definition) is 0. The van der Waals surface area contributed by atoms with Gasteiger partial charge in [0.15, 0.2) is 5.69 Å². The highest BCUT2D eigenvalue weighted by atomic mass is 32.2. The molecule has 2 aliphatic rings. The van der Waals surface area contributed by atoms with Crippen molar-refractivity contribution >= 4 is 15.9 Å². The number of carbonyl (C=O) groups is 1. The maximum atomic E-state index is 12.4. The minimum atomic E-state index is -3.32. The molecule has 0 radical (unpaired) electrons. The molecule has 2 fully saturated rings. The van der Waals surface area contributed by atoms with E-state index in [-0.39, 0.29) is 23.7 Å². The lowest BCUT2D eigenvalue weighted by Gasteiger charge is -2.45. The molecule has 122 valence electrons. The maximum absolute atomic E-state index is 12.4. The fraction of sp³-hybridized carbons (Fsp3) is 0.692. The first-order chi connectivity index (χ1) is 10.4. The Balaban J connectivity index is 1.79. The lowest BCUT2D eigenvalue weighted by Crippen LogP contribution is -2.61. The molecule has 1 amide bonds. The monoisotopic (exact) mass is 329 g/mol. The van der Waals surface area contributed by atoms with Crippen LogP contribution < -0.4 is 0 Å². The van der Waals surface area contributed by atoms with Crippen molar-refractivity contribution in [1.82, 2.24) is 14.4 Å². The standard InChI is InChI=1S/C13H19N3O5S/c1-9-7-10(14-21-9)13(17)15-4-3-12-11(8-15)16(5-6-20-12)22(2,18)19/h7,11-12H,3-6,8H2,1-2H3/t11-,12-/m1/s1. The summed E-state index contributed by atoms with van der Waals surface area (Å²) in [5.74, 6) is 0.325. The molecule has 1 aromatic rings. The number of nitrogens with zero attached hydrogens (tertiary/aromatic N) is 3. The molecular weight excluding hydrogens is 310 g/mol. The molecule has 9 heteroatoms. The highest BCUT2D eigenvalue weighted by Crippen LogP contribution is 2.25. The number of hydrogen-bond acceptors (Lipinski definition) is 6. The Morgan fingerprint density at radius 3 is 2.82 bits per heavy atom. The van der Waals surface area contributed by atoms with Gasteiger partial charge in [-0.2, -0.15) is 4.31 Å². The van der Waals surface area contributed by atoms with Crippen molar-refractivity contribution in [1.29, 1.82) is 0 Å². The molecule has 22 heavy (non-hydrogen) atoms. The molecule has 1 aromatic heterocycles. The molecule has 2 atom stereocenters. The van der Waals surface area contributed by atoms with Gasteiger partial charge in [0.1, 0.15) is 5.76 Å². The molecule has 0 N–H and O–H groups in total. The van der Waals surface area contributed by atoms with E-state index in [0.717, 1.165) is 0 Å². The molecule has 0 aliphatic carbocycles. The van der Waals surface area contributed by atoms with Crippen LogP contribution in [0, 0.1) is 6.92 Å².